The molecule has 5 nitrogen and oxygen atoms in total. The molecule has 1 fully saturated rings. The van der Waals surface area contributed by atoms with Crippen molar-refractivity contribution in [2.45, 2.75) is 0 Å². The minimum absolute atomic E-state index is 0.173. The van der Waals surface area contributed by atoms with Gasteiger partial charge in [0.1, 0.15) is 24.0 Å². The summed E-state index contributed by atoms with van der Waals surface area (Å²) < 4.78 is 5.11. The maximum Gasteiger partial charge on any atom is 0.297 e. The van der Waals surface area contributed by atoms with Crippen molar-refractivity contribution in [2.75, 3.05) is 18.0 Å². The van der Waals surface area contributed by atoms with Gasteiger partial charge in [-0.05, 0) is 6.08 Å². The number of hydrogen-bond acceptors (Lipinski definition) is 5. The Morgan fingerprint density at radius 2 is 2.27 bits per heavy atom. The number of nitrogens with zero attached hydrogens (tertiary/aromatic N) is 4. The zero-order chi connectivity index (χ0) is 10.7. The van der Waals surface area contributed by atoms with Gasteiger partial charge in [-0.2, -0.15) is 10.5 Å². The largest absolute Gasteiger partial charge is 0.432 e. The second kappa shape index (κ2) is 3.85. The van der Waals surface area contributed by atoms with Crippen molar-refractivity contribution in [3.63, 3.8) is 0 Å². The first-order chi connectivity index (χ1) is 7.33. The summed E-state index contributed by atoms with van der Waals surface area (Å²) in [5.41, 5.74) is 0.173. The molecule has 0 amide bonds. The van der Waals surface area contributed by atoms with Crippen LogP contribution in [0.2, 0.25) is 0 Å². The number of nitriles is 2. The summed E-state index contributed by atoms with van der Waals surface area (Å²) in [6, 6.07) is 4.28. The van der Waals surface area contributed by atoms with Crippen LogP contribution in [0.15, 0.2) is 28.5 Å². The van der Waals surface area contributed by atoms with Gasteiger partial charge in [-0.3, -0.25) is 0 Å². The van der Waals surface area contributed by atoms with Gasteiger partial charge in [-0.15, -0.1) is 0 Å². The first kappa shape index (κ1) is 9.29. The van der Waals surface area contributed by atoms with E-state index in [2.05, 4.69) is 4.98 Å². The second-order valence-electron chi connectivity index (χ2n) is 3.28. The highest BCUT2D eigenvalue weighted by Crippen LogP contribution is 2.24. The predicted octanol–water partition coefficient (Wildman–Crippen LogP) is 1.08. The lowest BCUT2D eigenvalue weighted by atomic mass is 9.98. The minimum Gasteiger partial charge on any atom is -0.432 e. The highest BCUT2D eigenvalue weighted by Gasteiger charge is 2.28. The molecule has 1 aromatic rings. The fourth-order valence-corrected chi connectivity index (χ4v) is 1.48. The monoisotopic (exact) mass is 200 g/mol. The highest BCUT2D eigenvalue weighted by molar-refractivity contribution is 5.39. The molecule has 0 aromatic carbocycles. The van der Waals surface area contributed by atoms with Crippen LogP contribution in [-0.2, 0) is 0 Å². The number of aromatic nitrogens is 1. The van der Waals surface area contributed by atoms with Crippen LogP contribution in [0.4, 0.5) is 6.01 Å². The van der Waals surface area contributed by atoms with Crippen LogP contribution in [0.3, 0.4) is 0 Å². The summed E-state index contributed by atoms with van der Waals surface area (Å²) in [7, 11) is 0. The summed E-state index contributed by atoms with van der Waals surface area (Å²) in [6.07, 6.45) is 4.81. The number of allylic oxidation sites excluding steroid dienone is 1. The fraction of sp³-hybridized carbons (Fsp3) is 0.300. The molecule has 0 spiro atoms. The number of anilines is 1. The van der Waals surface area contributed by atoms with E-state index in [0.29, 0.717) is 6.01 Å². The molecule has 0 unspecified atom stereocenters. The van der Waals surface area contributed by atoms with Crippen LogP contribution in [0.1, 0.15) is 0 Å². The normalized spacial score (nSPS) is 14.9. The summed E-state index contributed by atoms with van der Waals surface area (Å²) in [5.74, 6) is 0.242. The minimum atomic E-state index is 0.173. The molecule has 74 valence electrons. The average molecular weight is 200 g/mol. The van der Waals surface area contributed by atoms with Crippen LogP contribution in [0.25, 0.3) is 0 Å². The average Bonchev–Trinajstić information content (AvgIpc) is 2.69. The summed E-state index contributed by atoms with van der Waals surface area (Å²) in [5, 5.41) is 17.1. The Balaban J connectivity index is 1.93. The molecule has 0 radical (unpaired) electrons. The Hall–Kier alpha value is -2.27. The highest BCUT2D eigenvalue weighted by atomic mass is 16.4. The van der Waals surface area contributed by atoms with E-state index in [1.807, 2.05) is 17.0 Å². The van der Waals surface area contributed by atoms with Crippen LogP contribution in [-0.4, -0.2) is 18.1 Å². The first-order valence-electron chi connectivity index (χ1n) is 4.50. The van der Waals surface area contributed by atoms with Gasteiger partial charge in [-0.1, -0.05) is 0 Å². The molecule has 2 heterocycles. The smallest absolute Gasteiger partial charge is 0.297 e. The molecule has 2 rings (SSSR count). The van der Waals surface area contributed by atoms with Crippen LogP contribution < -0.4 is 4.90 Å². The van der Waals surface area contributed by atoms with E-state index in [4.69, 9.17) is 14.9 Å². The van der Waals surface area contributed by atoms with Gasteiger partial charge < -0.3 is 9.32 Å². The van der Waals surface area contributed by atoms with Crippen LogP contribution in [0, 0.1) is 28.6 Å². The van der Waals surface area contributed by atoms with Crippen molar-refractivity contribution in [1.29, 1.82) is 10.5 Å². The fourth-order valence-electron chi connectivity index (χ4n) is 1.48. The molecule has 1 aliphatic heterocycles. The lowest BCUT2D eigenvalue weighted by molar-refractivity contribution is 0.431. The molecule has 1 aliphatic rings. The molecule has 0 bridgehead atoms. The van der Waals surface area contributed by atoms with Gasteiger partial charge in [0.15, 0.2) is 0 Å². The van der Waals surface area contributed by atoms with Crippen LogP contribution in [0.5, 0.6) is 0 Å². The van der Waals surface area contributed by atoms with Gasteiger partial charge in [0.2, 0.25) is 0 Å². The molecule has 0 aliphatic carbocycles. The lowest BCUT2D eigenvalue weighted by Gasteiger charge is -2.36. The Bertz CT molecular complexity index is 427. The molecule has 0 saturated carbocycles. The van der Waals surface area contributed by atoms with Crippen molar-refractivity contribution in [2.24, 2.45) is 5.92 Å². The van der Waals surface area contributed by atoms with Crippen molar-refractivity contribution in [1.82, 2.24) is 4.98 Å². The number of oxazole rings is 1. The third-order valence-corrected chi connectivity index (χ3v) is 2.24. The Labute approximate surface area is 86.8 Å². The molecule has 15 heavy (non-hydrogen) atoms. The van der Waals surface area contributed by atoms with E-state index in [1.54, 1.807) is 12.3 Å². The molecular formula is C10H8N4O. The summed E-state index contributed by atoms with van der Waals surface area (Å²) in [6.45, 7) is 1.49. The second-order valence-corrected chi connectivity index (χ2v) is 3.28. The van der Waals surface area contributed by atoms with Crippen molar-refractivity contribution < 1.29 is 4.42 Å². The van der Waals surface area contributed by atoms with E-state index in [9.17, 15) is 0 Å². The Morgan fingerprint density at radius 1 is 1.53 bits per heavy atom. The molecule has 5 heteroatoms. The van der Waals surface area contributed by atoms with Crippen molar-refractivity contribution in [3.8, 4) is 12.1 Å². The zero-order valence-corrected chi connectivity index (χ0v) is 7.92. The number of hydrogen-bond donors (Lipinski definition) is 0. The zero-order valence-electron chi connectivity index (χ0n) is 7.92. The van der Waals surface area contributed by atoms with E-state index in [0.717, 1.165) is 13.1 Å². The molecular weight excluding hydrogens is 192 g/mol. The van der Waals surface area contributed by atoms with E-state index in [1.165, 1.54) is 6.26 Å². The third kappa shape index (κ3) is 1.82. The van der Waals surface area contributed by atoms with Gasteiger partial charge in [-0.25, -0.2) is 4.98 Å². The van der Waals surface area contributed by atoms with E-state index in [-0.39, 0.29) is 11.5 Å². The van der Waals surface area contributed by atoms with Crippen molar-refractivity contribution in [3.05, 3.63) is 24.1 Å². The Morgan fingerprint density at radius 3 is 2.80 bits per heavy atom. The first-order valence-corrected chi connectivity index (χ1v) is 4.50. The van der Waals surface area contributed by atoms with Crippen molar-refractivity contribution >= 4 is 6.01 Å². The third-order valence-electron chi connectivity index (χ3n) is 2.24. The van der Waals surface area contributed by atoms with E-state index < -0.39 is 0 Å². The van der Waals surface area contributed by atoms with Gasteiger partial charge in [0, 0.05) is 19.0 Å². The van der Waals surface area contributed by atoms with Crippen LogP contribution >= 0.6 is 0 Å². The molecule has 1 aromatic heterocycles. The molecule has 0 N–H and O–H groups in total. The standard InChI is InChI=1S/C10H8N4O/c11-4-8(5-12)3-9-6-14(7-9)10-13-1-2-15-10/h1-3,9H,6-7H2. The molecule has 1 saturated heterocycles. The maximum atomic E-state index is 8.56. The quantitative estimate of drug-likeness (QED) is 0.667. The SMILES string of the molecule is N#CC(C#N)=CC1CN(c2ncco2)C1. The Kier molecular flexibility index (Phi) is 2.38. The summed E-state index contributed by atoms with van der Waals surface area (Å²) >= 11 is 0. The van der Waals surface area contributed by atoms with Gasteiger partial charge in [0.05, 0.1) is 6.20 Å². The number of rotatable bonds is 2. The maximum absolute atomic E-state index is 8.56. The van der Waals surface area contributed by atoms with Gasteiger partial charge >= 0.3 is 0 Å². The van der Waals surface area contributed by atoms with E-state index >= 15 is 0 Å². The lowest BCUT2D eigenvalue weighted by Crippen LogP contribution is -2.46. The topological polar surface area (TPSA) is 76.8 Å². The predicted molar refractivity (Wildman–Crippen MR) is 51.5 cm³/mol. The molecule has 0 atom stereocenters. The summed E-state index contributed by atoms with van der Waals surface area (Å²) in [4.78, 5) is 5.95. The van der Waals surface area contributed by atoms with Gasteiger partial charge in [0.25, 0.3) is 6.01 Å².